The Labute approximate surface area is 98.7 Å². The molecule has 0 radical (unpaired) electrons. The lowest BCUT2D eigenvalue weighted by Gasteiger charge is -2.02. The molecule has 0 saturated heterocycles. The van der Waals surface area contributed by atoms with Gasteiger partial charge in [0.05, 0.1) is 5.39 Å². The van der Waals surface area contributed by atoms with Gasteiger partial charge in [0.15, 0.2) is 5.16 Å². The molecule has 0 saturated carbocycles. The van der Waals surface area contributed by atoms with Gasteiger partial charge in [-0.25, -0.2) is 9.97 Å². The number of aromatic nitrogens is 3. The number of nitrogens with zero attached hydrogens (tertiary/aromatic N) is 3. The first-order valence-electron chi connectivity index (χ1n) is 4.42. The van der Waals surface area contributed by atoms with Crippen LogP contribution in [0, 0.1) is 0 Å². The normalized spacial score (nSPS) is 10.3. The molecule has 15 heavy (non-hydrogen) atoms. The van der Waals surface area contributed by atoms with Crippen LogP contribution in [0.2, 0.25) is 0 Å². The number of anilines is 1. The average Bonchev–Trinajstić information content (AvgIpc) is 2.61. The number of nitrogens with two attached hydrogens (primary N) is 1. The van der Waals surface area contributed by atoms with Crippen LogP contribution < -0.4 is 5.73 Å². The highest BCUT2D eigenvalue weighted by atomic mass is 35.5. The van der Waals surface area contributed by atoms with Gasteiger partial charge >= 0.3 is 0 Å². The zero-order valence-electron chi connectivity index (χ0n) is 8.60. The molecule has 2 heterocycles. The van der Waals surface area contributed by atoms with Crippen molar-refractivity contribution in [2.75, 3.05) is 12.0 Å². The summed E-state index contributed by atoms with van der Waals surface area (Å²) in [7, 11) is 0. The lowest BCUT2D eigenvalue weighted by Crippen LogP contribution is -1.99. The van der Waals surface area contributed by atoms with E-state index in [2.05, 4.69) is 21.5 Å². The highest BCUT2D eigenvalue weighted by Gasteiger charge is 2.07. The van der Waals surface area contributed by atoms with Gasteiger partial charge in [0, 0.05) is 12.7 Å². The Bertz CT molecular complexity index is 468. The number of aryl methyl sites for hydroxylation is 1. The predicted molar refractivity (Wildman–Crippen MR) is 66.6 cm³/mol. The van der Waals surface area contributed by atoms with Gasteiger partial charge in [-0.1, -0.05) is 11.8 Å². The molecular formula is C9H13ClN4S. The summed E-state index contributed by atoms with van der Waals surface area (Å²) >= 11 is 1.50. The Morgan fingerprint density at radius 1 is 1.47 bits per heavy atom. The van der Waals surface area contributed by atoms with E-state index in [9.17, 15) is 0 Å². The molecule has 0 amide bonds. The zero-order chi connectivity index (χ0) is 10.1. The molecule has 0 aliphatic carbocycles. The van der Waals surface area contributed by atoms with E-state index in [1.54, 1.807) is 0 Å². The standard InChI is InChI=1S/C9H12N4S.ClH/c1-3-13-5-4-6-7(10)11-9(14-2)12-8(6)13;/h4-5H,3H2,1-2H3,(H2,10,11,12);1H. The maximum atomic E-state index is 5.82. The van der Waals surface area contributed by atoms with Crippen LogP contribution in [0.3, 0.4) is 0 Å². The smallest absolute Gasteiger partial charge is 0.191 e. The first kappa shape index (κ1) is 12.1. The highest BCUT2D eigenvalue weighted by molar-refractivity contribution is 7.98. The largest absolute Gasteiger partial charge is 0.383 e. The SMILES string of the molecule is CCn1ccc2c(N)nc(SC)nc21.Cl. The number of hydrogen-bond donors (Lipinski definition) is 1. The molecule has 2 aromatic rings. The molecule has 2 N–H and O–H groups in total. The second-order valence-electron chi connectivity index (χ2n) is 2.93. The average molecular weight is 245 g/mol. The molecule has 2 rings (SSSR count). The maximum absolute atomic E-state index is 5.82. The molecule has 0 atom stereocenters. The number of hydrogen-bond acceptors (Lipinski definition) is 4. The van der Waals surface area contributed by atoms with Crippen molar-refractivity contribution >= 4 is 41.0 Å². The fourth-order valence-electron chi connectivity index (χ4n) is 1.41. The van der Waals surface area contributed by atoms with Gasteiger partial charge in [0.2, 0.25) is 0 Å². The van der Waals surface area contributed by atoms with Gasteiger partial charge in [0.1, 0.15) is 11.5 Å². The topological polar surface area (TPSA) is 56.7 Å². The summed E-state index contributed by atoms with van der Waals surface area (Å²) < 4.78 is 2.06. The van der Waals surface area contributed by atoms with E-state index >= 15 is 0 Å². The fraction of sp³-hybridized carbons (Fsp3) is 0.333. The highest BCUT2D eigenvalue weighted by Crippen LogP contribution is 2.21. The first-order valence-corrected chi connectivity index (χ1v) is 5.65. The molecular weight excluding hydrogens is 232 g/mol. The van der Waals surface area contributed by atoms with Gasteiger partial charge in [-0.3, -0.25) is 0 Å². The van der Waals surface area contributed by atoms with Crippen LogP contribution in [0.25, 0.3) is 11.0 Å². The number of rotatable bonds is 2. The lowest BCUT2D eigenvalue weighted by molar-refractivity contribution is 0.779. The Hall–Kier alpha value is -0.940. The lowest BCUT2D eigenvalue weighted by atomic mass is 10.4. The van der Waals surface area contributed by atoms with Crippen molar-refractivity contribution in [3.8, 4) is 0 Å². The summed E-state index contributed by atoms with van der Waals surface area (Å²) in [5.41, 5.74) is 6.74. The van der Waals surface area contributed by atoms with Gasteiger partial charge in [-0.2, -0.15) is 0 Å². The van der Waals surface area contributed by atoms with Crippen molar-refractivity contribution in [3.05, 3.63) is 12.3 Å². The third kappa shape index (κ3) is 2.03. The molecule has 0 unspecified atom stereocenters. The van der Waals surface area contributed by atoms with Gasteiger partial charge in [0.25, 0.3) is 0 Å². The quantitative estimate of drug-likeness (QED) is 0.650. The van der Waals surface area contributed by atoms with Crippen molar-refractivity contribution < 1.29 is 0 Å². The summed E-state index contributed by atoms with van der Waals surface area (Å²) in [6, 6.07) is 1.96. The Morgan fingerprint density at radius 2 is 2.20 bits per heavy atom. The number of nitrogen functional groups attached to an aromatic ring is 1. The van der Waals surface area contributed by atoms with E-state index in [-0.39, 0.29) is 12.4 Å². The number of fused-ring (bicyclic) bond motifs is 1. The number of thioether (sulfide) groups is 1. The van der Waals surface area contributed by atoms with E-state index in [1.807, 2.05) is 18.5 Å². The van der Waals surface area contributed by atoms with Crippen molar-refractivity contribution in [2.24, 2.45) is 0 Å². The van der Waals surface area contributed by atoms with Crippen LogP contribution in [0.5, 0.6) is 0 Å². The molecule has 0 bridgehead atoms. The van der Waals surface area contributed by atoms with E-state index in [0.29, 0.717) is 5.82 Å². The van der Waals surface area contributed by atoms with Crippen molar-refractivity contribution in [2.45, 2.75) is 18.6 Å². The molecule has 4 nitrogen and oxygen atoms in total. The van der Waals surface area contributed by atoms with Crippen LogP contribution in [0.1, 0.15) is 6.92 Å². The molecule has 2 aromatic heterocycles. The molecule has 0 fully saturated rings. The van der Waals surface area contributed by atoms with E-state index in [0.717, 1.165) is 22.7 Å². The summed E-state index contributed by atoms with van der Waals surface area (Å²) in [5.74, 6) is 0.562. The minimum Gasteiger partial charge on any atom is -0.383 e. The van der Waals surface area contributed by atoms with E-state index in [4.69, 9.17) is 5.73 Å². The second kappa shape index (κ2) is 4.72. The summed E-state index contributed by atoms with van der Waals surface area (Å²) in [6.45, 7) is 2.98. The monoisotopic (exact) mass is 244 g/mol. The molecule has 0 aliphatic rings. The van der Waals surface area contributed by atoms with Crippen molar-refractivity contribution in [1.82, 2.24) is 14.5 Å². The van der Waals surface area contributed by atoms with Crippen LogP contribution in [0.4, 0.5) is 5.82 Å². The third-order valence-corrected chi connectivity index (χ3v) is 2.70. The van der Waals surface area contributed by atoms with Crippen LogP contribution in [-0.4, -0.2) is 20.8 Å². The van der Waals surface area contributed by atoms with Gasteiger partial charge < -0.3 is 10.3 Å². The van der Waals surface area contributed by atoms with Crippen molar-refractivity contribution in [3.63, 3.8) is 0 Å². The van der Waals surface area contributed by atoms with E-state index < -0.39 is 0 Å². The summed E-state index contributed by atoms with van der Waals surface area (Å²) in [5, 5.41) is 1.66. The van der Waals surface area contributed by atoms with Crippen LogP contribution in [0.15, 0.2) is 17.4 Å². The Balaban J connectivity index is 0.00000112. The third-order valence-electron chi connectivity index (χ3n) is 2.15. The maximum Gasteiger partial charge on any atom is 0.191 e. The fourth-order valence-corrected chi connectivity index (χ4v) is 1.78. The van der Waals surface area contributed by atoms with E-state index in [1.165, 1.54) is 11.8 Å². The van der Waals surface area contributed by atoms with Crippen LogP contribution >= 0.6 is 24.2 Å². The minimum atomic E-state index is 0. The zero-order valence-corrected chi connectivity index (χ0v) is 10.2. The molecule has 0 aliphatic heterocycles. The number of halogens is 1. The first-order chi connectivity index (χ1) is 6.76. The molecule has 0 aromatic carbocycles. The molecule has 82 valence electrons. The Morgan fingerprint density at radius 3 is 2.80 bits per heavy atom. The Kier molecular flexibility index (Phi) is 3.82. The minimum absolute atomic E-state index is 0. The van der Waals surface area contributed by atoms with Gasteiger partial charge in [-0.15, -0.1) is 12.4 Å². The van der Waals surface area contributed by atoms with Gasteiger partial charge in [-0.05, 0) is 19.2 Å². The second-order valence-corrected chi connectivity index (χ2v) is 3.71. The summed E-state index contributed by atoms with van der Waals surface area (Å²) in [6.07, 6.45) is 3.93. The van der Waals surface area contributed by atoms with Crippen LogP contribution in [-0.2, 0) is 6.54 Å². The predicted octanol–water partition coefficient (Wildman–Crippen LogP) is 2.18. The summed E-state index contributed by atoms with van der Waals surface area (Å²) in [4.78, 5) is 8.60. The molecule has 6 heteroatoms. The molecule has 0 spiro atoms. The van der Waals surface area contributed by atoms with Crippen molar-refractivity contribution in [1.29, 1.82) is 0 Å².